The fourth-order valence-electron chi connectivity index (χ4n) is 2.58. The van der Waals surface area contributed by atoms with Crippen LogP contribution in [0.2, 0.25) is 0 Å². The first-order valence-electron chi connectivity index (χ1n) is 8.31. The van der Waals surface area contributed by atoms with E-state index < -0.39 is 0 Å². The van der Waals surface area contributed by atoms with Crippen LogP contribution in [0.4, 0.5) is 11.4 Å². The molecule has 126 valence electrons. The first-order chi connectivity index (χ1) is 12.2. The van der Waals surface area contributed by atoms with E-state index in [0.29, 0.717) is 5.56 Å². The van der Waals surface area contributed by atoms with Crippen molar-refractivity contribution in [2.24, 2.45) is 0 Å². The third-order valence-electron chi connectivity index (χ3n) is 3.86. The van der Waals surface area contributed by atoms with E-state index in [1.54, 1.807) is 12.4 Å². The number of carbonyl (C=O) groups excluding carboxylic acids is 1. The number of amides is 1. The Morgan fingerprint density at radius 1 is 0.960 bits per heavy atom. The van der Waals surface area contributed by atoms with Crippen molar-refractivity contribution in [1.29, 1.82) is 0 Å². The topological polar surface area (TPSA) is 54.0 Å². The molecule has 0 saturated carbocycles. The van der Waals surface area contributed by atoms with Crippen LogP contribution in [0.5, 0.6) is 0 Å². The number of pyridine rings is 1. The molecule has 1 amide bonds. The van der Waals surface area contributed by atoms with Gasteiger partial charge >= 0.3 is 0 Å². The van der Waals surface area contributed by atoms with Crippen molar-refractivity contribution in [1.82, 2.24) is 4.98 Å². The van der Waals surface area contributed by atoms with Crippen LogP contribution >= 0.6 is 0 Å². The molecular formula is C21H21N3O. The Balaban J connectivity index is 1.59. The predicted octanol–water partition coefficient (Wildman–Crippen LogP) is 4.30. The van der Waals surface area contributed by atoms with E-state index in [1.165, 1.54) is 5.56 Å². The average Bonchev–Trinajstić information content (AvgIpc) is 2.63. The van der Waals surface area contributed by atoms with E-state index in [1.807, 2.05) is 55.5 Å². The monoisotopic (exact) mass is 331 g/mol. The first-order valence-corrected chi connectivity index (χ1v) is 8.31. The zero-order valence-electron chi connectivity index (χ0n) is 14.2. The Morgan fingerprint density at radius 3 is 2.60 bits per heavy atom. The van der Waals surface area contributed by atoms with Crippen LogP contribution in [0.3, 0.4) is 0 Å². The zero-order chi connectivity index (χ0) is 17.5. The Labute approximate surface area is 147 Å². The molecule has 0 aliphatic heterocycles. The molecule has 2 aromatic carbocycles. The van der Waals surface area contributed by atoms with Crippen molar-refractivity contribution in [3.05, 3.63) is 89.7 Å². The highest BCUT2D eigenvalue weighted by molar-refractivity contribution is 6.04. The van der Waals surface area contributed by atoms with Gasteiger partial charge in [-0.1, -0.05) is 42.5 Å². The number of aromatic nitrogens is 1. The second-order valence-electron chi connectivity index (χ2n) is 5.95. The Morgan fingerprint density at radius 2 is 1.80 bits per heavy atom. The number of carbonyl (C=O) groups is 1. The van der Waals surface area contributed by atoms with Gasteiger partial charge in [-0.05, 0) is 42.7 Å². The van der Waals surface area contributed by atoms with Gasteiger partial charge in [0.1, 0.15) is 0 Å². The number of anilines is 2. The minimum atomic E-state index is -0.162. The Bertz CT molecular complexity index is 847. The van der Waals surface area contributed by atoms with Crippen LogP contribution in [0, 0.1) is 6.92 Å². The highest BCUT2D eigenvalue weighted by Gasteiger charge is 2.07. The van der Waals surface area contributed by atoms with E-state index in [9.17, 15) is 4.79 Å². The second-order valence-corrected chi connectivity index (χ2v) is 5.95. The molecular weight excluding hydrogens is 310 g/mol. The van der Waals surface area contributed by atoms with E-state index in [-0.39, 0.29) is 5.91 Å². The molecule has 0 atom stereocenters. The van der Waals surface area contributed by atoms with Gasteiger partial charge in [-0.2, -0.15) is 0 Å². The summed E-state index contributed by atoms with van der Waals surface area (Å²) < 4.78 is 0. The number of benzene rings is 2. The van der Waals surface area contributed by atoms with Gasteiger partial charge in [0.2, 0.25) is 0 Å². The quantitative estimate of drug-likeness (QED) is 0.708. The van der Waals surface area contributed by atoms with Crippen molar-refractivity contribution in [3.8, 4) is 0 Å². The summed E-state index contributed by atoms with van der Waals surface area (Å²) in [4.78, 5) is 16.6. The minimum Gasteiger partial charge on any atom is -0.383 e. The highest BCUT2D eigenvalue weighted by Crippen LogP contribution is 2.13. The number of nitrogens with one attached hydrogen (secondary N) is 2. The highest BCUT2D eigenvalue weighted by atomic mass is 16.1. The molecule has 0 unspecified atom stereocenters. The summed E-state index contributed by atoms with van der Waals surface area (Å²) in [6.07, 6.45) is 4.22. The summed E-state index contributed by atoms with van der Waals surface area (Å²) in [5.74, 6) is -0.162. The van der Waals surface area contributed by atoms with Crippen LogP contribution < -0.4 is 10.6 Å². The lowest BCUT2D eigenvalue weighted by Gasteiger charge is -2.09. The smallest absolute Gasteiger partial charge is 0.257 e. The number of hydrogen-bond donors (Lipinski definition) is 2. The molecule has 0 aliphatic carbocycles. The SMILES string of the molecule is Cc1cccc(NC(=O)c2cncc(NCCc3ccccc3)c2)c1. The lowest BCUT2D eigenvalue weighted by atomic mass is 10.1. The number of rotatable bonds is 6. The largest absolute Gasteiger partial charge is 0.383 e. The zero-order valence-corrected chi connectivity index (χ0v) is 14.2. The van der Waals surface area contributed by atoms with Crippen molar-refractivity contribution < 1.29 is 4.79 Å². The van der Waals surface area contributed by atoms with Gasteiger partial charge in [0.25, 0.3) is 5.91 Å². The molecule has 25 heavy (non-hydrogen) atoms. The molecule has 3 aromatic rings. The van der Waals surface area contributed by atoms with Crippen LogP contribution in [0.15, 0.2) is 73.1 Å². The molecule has 2 N–H and O–H groups in total. The maximum atomic E-state index is 12.4. The predicted molar refractivity (Wildman–Crippen MR) is 102 cm³/mol. The van der Waals surface area contributed by atoms with Gasteiger partial charge in [-0.25, -0.2) is 0 Å². The summed E-state index contributed by atoms with van der Waals surface area (Å²) >= 11 is 0. The van der Waals surface area contributed by atoms with Crippen LogP contribution in [0.25, 0.3) is 0 Å². The number of nitrogens with zero attached hydrogens (tertiary/aromatic N) is 1. The Hall–Kier alpha value is -3.14. The molecule has 0 spiro atoms. The maximum absolute atomic E-state index is 12.4. The van der Waals surface area contributed by atoms with Crippen LogP contribution in [-0.2, 0) is 6.42 Å². The molecule has 0 aliphatic rings. The summed E-state index contributed by atoms with van der Waals surface area (Å²) in [7, 11) is 0. The van der Waals surface area contributed by atoms with Gasteiger partial charge in [0.05, 0.1) is 11.3 Å². The molecule has 0 saturated heterocycles. The van der Waals surface area contributed by atoms with E-state index >= 15 is 0 Å². The lowest BCUT2D eigenvalue weighted by Crippen LogP contribution is -2.13. The third-order valence-corrected chi connectivity index (χ3v) is 3.86. The standard InChI is InChI=1S/C21H21N3O/c1-16-6-5-9-19(12-16)24-21(25)18-13-20(15-22-14-18)23-11-10-17-7-3-2-4-8-17/h2-9,12-15,23H,10-11H2,1H3,(H,24,25). The van der Waals surface area contributed by atoms with E-state index in [4.69, 9.17) is 0 Å². The van der Waals surface area contributed by atoms with E-state index in [0.717, 1.165) is 29.9 Å². The summed E-state index contributed by atoms with van der Waals surface area (Å²) in [5, 5.41) is 6.22. The first kappa shape index (κ1) is 16.7. The fraction of sp³-hybridized carbons (Fsp3) is 0.143. The van der Waals surface area contributed by atoms with Gasteiger partial charge < -0.3 is 10.6 Å². The van der Waals surface area contributed by atoms with Crippen LogP contribution in [0.1, 0.15) is 21.5 Å². The van der Waals surface area contributed by atoms with Crippen molar-refractivity contribution in [2.45, 2.75) is 13.3 Å². The Kier molecular flexibility index (Phi) is 5.42. The molecule has 4 heteroatoms. The summed E-state index contributed by atoms with van der Waals surface area (Å²) in [6.45, 7) is 2.78. The van der Waals surface area contributed by atoms with Crippen molar-refractivity contribution in [3.63, 3.8) is 0 Å². The fourth-order valence-corrected chi connectivity index (χ4v) is 2.58. The normalized spacial score (nSPS) is 10.3. The number of aryl methyl sites for hydroxylation is 1. The molecule has 4 nitrogen and oxygen atoms in total. The van der Waals surface area contributed by atoms with Gasteiger partial charge in [-0.15, -0.1) is 0 Å². The summed E-state index contributed by atoms with van der Waals surface area (Å²) in [6, 6.07) is 19.8. The average molecular weight is 331 g/mol. The molecule has 0 bridgehead atoms. The lowest BCUT2D eigenvalue weighted by molar-refractivity contribution is 0.102. The van der Waals surface area contributed by atoms with Gasteiger partial charge in [0.15, 0.2) is 0 Å². The van der Waals surface area contributed by atoms with Crippen molar-refractivity contribution in [2.75, 3.05) is 17.2 Å². The molecule has 0 fully saturated rings. The van der Waals surface area contributed by atoms with Crippen LogP contribution in [-0.4, -0.2) is 17.4 Å². The third kappa shape index (κ3) is 4.91. The maximum Gasteiger partial charge on any atom is 0.257 e. The summed E-state index contributed by atoms with van der Waals surface area (Å²) in [5.41, 5.74) is 4.54. The van der Waals surface area contributed by atoms with Crippen molar-refractivity contribution >= 4 is 17.3 Å². The molecule has 0 radical (unpaired) electrons. The van der Waals surface area contributed by atoms with Gasteiger partial charge in [-0.3, -0.25) is 9.78 Å². The molecule has 1 heterocycles. The van der Waals surface area contributed by atoms with Gasteiger partial charge in [0, 0.05) is 24.6 Å². The van der Waals surface area contributed by atoms with E-state index in [2.05, 4.69) is 27.8 Å². The second kappa shape index (κ2) is 8.11. The molecule has 3 rings (SSSR count). The number of hydrogen-bond acceptors (Lipinski definition) is 3. The minimum absolute atomic E-state index is 0.162. The molecule has 1 aromatic heterocycles.